The Hall–Kier alpha value is -3.15. The Kier molecular flexibility index (Phi) is 5.45. The van der Waals surface area contributed by atoms with Gasteiger partial charge in [0, 0.05) is 25.3 Å². The van der Waals surface area contributed by atoms with Gasteiger partial charge in [0.25, 0.3) is 5.19 Å². The number of fused-ring (bicyclic) bond motifs is 1. The highest BCUT2D eigenvalue weighted by Crippen LogP contribution is 2.35. The minimum atomic E-state index is 0.372. The summed E-state index contributed by atoms with van der Waals surface area (Å²) in [5.74, 6) is 1.55. The van der Waals surface area contributed by atoms with Gasteiger partial charge in [-0.25, -0.2) is 4.98 Å². The van der Waals surface area contributed by atoms with Crippen molar-refractivity contribution >= 4 is 11.3 Å². The second-order valence-electron chi connectivity index (χ2n) is 7.74. The number of rotatable bonds is 6. The van der Waals surface area contributed by atoms with E-state index in [-0.39, 0.29) is 0 Å². The first kappa shape index (κ1) is 19.8. The number of hydrogen-bond acceptors (Lipinski definition) is 5. The van der Waals surface area contributed by atoms with Crippen molar-refractivity contribution in [3.8, 4) is 27.1 Å². The highest BCUT2D eigenvalue weighted by Gasteiger charge is 2.23. The molecular formula is C26H24N2O2S. The molecule has 0 aliphatic carbocycles. The molecule has 5 rings (SSSR count). The number of methoxy groups -OCH3 is 1. The van der Waals surface area contributed by atoms with Crippen LogP contribution in [0.25, 0.3) is 10.4 Å². The predicted octanol–water partition coefficient (Wildman–Crippen LogP) is 6.69. The standard InChI is InChI=1S/C26H24N2O2S/c1-18(28-16-21-5-3-4-6-22(21)17-28)19-7-9-20(10-8-19)25-15-27-26(31-25)30-24-13-11-23(29-2)12-14-24/h3-15,18H,16-17H2,1-2H3. The number of thiazole rings is 1. The van der Waals surface area contributed by atoms with E-state index in [4.69, 9.17) is 9.47 Å². The summed E-state index contributed by atoms with van der Waals surface area (Å²) in [6.07, 6.45) is 1.87. The van der Waals surface area contributed by atoms with E-state index in [0.29, 0.717) is 11.2 Å². The molecule has 0 bridgehead atoms. The van der Waals surface area contributed by atoms with Crippen LogP contribution in [0.5, 0.6) is 16.7 Å². The zero-order valence-electron chi connectivity index (χ0n) is 17.6. The molecule has 1 aliphatic rings. The number of aromatic nitrogens is 1. The molecule has 31 heavy (non-hydrogen) atoms. The van der Waals surface area contributed by atoms with Gasteiger partial charge in [0.2, 0.25) is 0 Å². The van der Waals surface area contributed by atoms with Crippen molar-refractivity contribution in [2.75, 3.05) is 7.11 Å². The molecule has 1 atom stereocenters. The fraction of sp³-hybridized carbons (Fsp3) is 0.192. The third-order valence-electron chi connectivity index (χ3n) is 5.84. The van der Waals surface area contributed by atoms with Crippen molar-refractivity contribution in [2.24, 2.45) is 0 Å². The average molecular weight is 429 g/mol. The van der Waals surface area contributed by atoms with Crippen molar-refractivity contribution in [1.82, 2.24) is 9.88 Å². The SMILES string of the molecule is COc1ccc(Oc2ncc(-c3ccc(C(C)N4Cc5ccccc5C4)cc3)s2)cc1. The Morgan fingerprint density at radius 1 is 0.871 bits per heavy atom. The molecule has 0 N–H and O–H groups in total. The third-order valence-corrected chi connectivity index (χ3v) is 6.76. The van der Waals surface area contributed by atoms with E-state index < -0.39 is 0 Å². The Morgan fingerprint density at radius 2 is 1.52 bits per heavy atom. The van der Waals surface area contributed by atoms with Crippen molar-refractivity contribution in [3.05, 3.63) is 95.7 Å². The first-order chi connectivity index (χ1) is 15.2. The molecular weight excluding hydrogens is 404 g/mol. The smallest absolute Gasteiger partial charge is 0.279 e. The highest BCUT2D eigenvalue weighted by atomic mass is 32.1. The highest BCUT2D eigenvalue weighted by molar-refractivity contribution is 7.16. The van der Waals surface area contributed by atoms with Crippen LogP contribution in [-0.2, 0) is 13.1 Å². The van der Waals surface area contributed by atoms with Gasteiger partial charge >= 0.3 is 0 Å². The molecule has 0 radical (unpaired) electrons. The molecule has 2 heterocycles. The average Bonchev–Trinajstić information content (AvgIpc) is 3.46. The fourth-order valence-corrected chi connectivity index (χ4v) is 4.74. The number of benzene rings is 3. The van der Waals surface area contributed by atoms with Crippen LogP contribution in [0.4, 0.5) is 0 Å². The molecule has 1 unspecified atom stereocenters. The van der Waals surface area contributed by atoms with Gasteiger partial charge in [0.1, 0.15) is 11.5 Å². The van der Waals surface area contributed by atoms with Gasteiger partial charge in [-0.15, -0.1) is 0 Å². The summed E-state index contributed by atoms with van der Waals surface area (Å²) < 4.78 is 11.1. The zero-order chi connectivity index (χ0) is 21.2. The topological polar surface area (TPSA) is 34.6 Å². The van der Waals surface area contributed by atoms with Gasteiger partial charge in [-0.3, -0.25) is 4.90 Å². The molecule has 156 valence electrons. The van der Waals surface area contributed by atoms with Crippen molar-refractivity contribution in [1.29, 1.82) is 0 Å². The number of hydrogen-bond donors (Lipinski definition) is 0. The second-order valence-corrected chi connectivity index (χ2v) is 8.73. The molecule has 0 saturated heterocycles. The van der Waals surface area contributed by atoms with Crippen LogP contribution in [0.15, 0.2) is 79.0 Å². The number of nitrogens with zero attached hydrogens (tertiary/aromatic N) is 2. The maximum atomic E-state index is 5.89. The fourth-order valence-electron chi connectivity index (χ4n) is 3.95. The quantitative estimate of drug-likeness (QED) is 0.343. The monoisotopic (exact) mass is 428 g/mol. The Labute approximate surface area is 186 Å². The normalized spacial score (nSPS) is 14.3. The zero-order valence-corrected chi connectivity index (χ0v) is 18.4. The van der Waals surface area contributed by atoms with Gasteiger partial charge in [-0.05, 0) is 53.4 Å². The van der Waals surface area contributed by atoms with E-state index in [2.05, 4.69) is 65.3 Å². The molecule has 0 amide bonds. The summed E-state index contributed by atoms with van der Waals surface area (Å²) in [4.78, 5) is 8.05. The van der Waals surface area contributed by atoms with Crippen molar-refractivity contribution in [2.45, 2.75) is 26.1 Å². The molecule has 4 aromatic rings. The van der Waals surface area contributed by atoms with Gasteiger partial charge in [-0.1, -0.05) is 59.9 Å². The van der Waals surface area contributed by atoms with E-state index in [1.165, 1.54) is 16.7 Å². The molecule has 4 nitrogen and oxygen atoms in total. The first-order valence-electron chi connectivity index (χ1n) is 10.4. The summed E-state index contributed by atoms with van der Waals surface area (Å²) in [5.41, 5.74) is 5.37. The maximum Gasteiger partial charge on any atom is 0.279 e. The molecule has 0 spiro atoms. The molecule has 1 aromatic heterocycles. The van der Waals surface area contributed by atoms with Crippen LogP contribution in [0.3, 0.4) is 0 Å². The minimum Gasteiger partial charge on any atom is -0.497 e. The van der Waals surface area contributed by atoms with E-state index in [1.54, 1.807) is 18.4 Å². The maximum absolute atomic E-state index is 5.89. The molecule has 0 saturated carbocycles. The van der Waals surface area contributed by atoms with Crippen LogP contribution in [-0.4, -0.2) is 17.0 Å². The van der Waals surface area contributed by atoms with Crippen LogP contribution in [0.2, 0.25) is 0 Å². The summed E-state index contributed by atoms with van der Waals surface area (Å²) in [6, 6.07) is 25.4. The lowest BCUT2D eigenvalue weighted by molar-refractivity contribution is 0.215. The van der Waals surface area contributed by atoms with E-state index >= 15 is 0 Å². The summed E-state index contributed by atoms with van der Waals surface area (Å²) in [6.45, 7) is 4.31. The Bertz CT molecular complexity index is 1140. The minimum absolute atomic E-state index is 0.372. The lowest BCUT2D eigenvalue weighted by Gasteiger charge is -2.24. The first-order valence-corrected chi connectivity index (χ1v) is 11.2. The van der Waals surface area contributed by atoms with E-state index in [9.17, 15) is 0 Å². The summed E-state index contributed by atoms with van der Waals surface area (Å²) in [7, 11) is 1.65. The van der Waals surface area contributed by atoms with Crippen LogP contribution >= 0.6 is 11.3 Å². The second kappa shape index (κ2) is 8.53. The van der Waals surface area contributed by atoms with Gasteiger partial charge in [0.15, 0.2) is 0 Å². The van der Waals surface area contributed by atoms with Gasteiger partial charge in [-0.2, -0.15) is 0 Å². The van der Waals surface area contributed by atoms with Gasteiger partial charge < -0.3 is 9.47 Å². The van der Waals surface area contributed by atoms with Crippen LogP contribution < -0.4 is 9.47 Å². The van der Waals surface area contributed by atoms with Crippen molar-refractivity contribution < 1.29 is 9.47 Å². The lowest BCUT2D eigenvalue weighted by atomic mass is 10.0. The summed E-state index contributed by atoms with van der Waals surface area (Å²) >= 11 is 1.55. The molecule has 0 fully saturated rings. The molecule has 3 aromatic carbocycles. The van der Waals surface area contributed by atoms with E-state index in [0.717, 1.165) is 35.0 Å². The largest absolute Gasteiger partial charge is 0.497 e. The Balaban J connectivity index is 1.26. The lowest BCUT2D eigenvalue weighted by Crippen LogP contribution is -2.20. The predicted molar refractivity (Wildman–Crippen MR) is 125 cm³/mol. The Morgan fingerprint density at radius 3 is 2.16 bits per heavy atom. The van der Waals surface area contributed by atoms with E-state index in [1.807, 2.05) is 30.5 Å². The van der Waals surface area contributed by atoms with Gasteiger partial charge in [0.05, 0.1) is 12.0 Å². The van der Waals surface area contributed by atoms with Crippen LogP contribution in [0, 0.1) is 0 Å². The molecule has 5 heteroatoms. The molecule has 1 aliphatic heterocycles. The summed E-state index contributed by atoms with van der Waals surface area (Å²) in [5, 5.41) is 0.632. The van der Waals surface area contributed by atoms with Crippen molar-refractivity contribution in [3.63, 3.8) is 0 Å². The number of ether oxygens (including phenoxy) is 2. The van der Waals surface area contributed by atoms with Crippen LogP contribution in [0.1, 0.15) is 29.7 Å². The third kappa shape index (κ3) is 4.20.